The van der Waals surface area contributed by atoms with Crippen LogP contribution in [-0.4, -0.2) is 182 Å². The molecule has 8 atom stereocenters. The van der Waals surface area contributed by atoms with E-state index in [0.717, 1.165) is 50.5 Å². The lowest BCUT2D eigenvalue weighted by Gasteiger charge is -2.32. The van der Waals surface area contributed by atoms with Gasteiger partial charge in [-0.3, -0.25) is 67.8 Å². The topological polar surface area (TPSA) is 406 Å². The number of rotatable bonds is 57. The molecule has 1 aliphatic rings. The molecule has 0 spiro atoms. The summed E-state index contributed by atoms with van der Waals surface area (Å²) in [5.74, 6) is -8.71. The molecule has 24 nitrogen and oxygen atoms in total. The number of carbonyl (C=O) groups is 13. The summed E-state index contributed by atoms with van der Waals surface area (Å²) in [6, 6.07) is 4.28. The highest BCUT2D eigenvalue weighted by Crippen LogP contribution is 2.33. The molecular weight excluding hydrogens is 1290 g/mol. The van der Waals surface area contributed by atoms with Gasteiger partial charge in [-0.05, 0) is 103 Å². The summed E-state index contributed by atoms with van der Waals surface area (Å²) in [6.07, 6.45) is 18.9. The summed E-state index contributed by atoms with van der Waals surface area (Å²) in [4.78, 5) is 167. The molecule has 1 aromatic rings. The Morgan fingerprint density at radius 2 is 1.22 bits per heavy atom. The summed E-state index contributed by atoms with van der Waals surface area (Å²) in [7, 11) is 1.53. The molecule has 548 valence electrons. The smallest absolute Gasteiger partial charge is 0.326 e. The fraction of sp³-hybridized carbons (Fsp3) is 0.732. The minimum atomic E-state index is -1.42. The van der Waals surface area contributed by atoms with Gasteiger partial charge in [0.05, 0.1) is 49.6 Å². The lowest BCUT2D eigenvalue weighted by atomic mass is 9.74. The number of benzene rings is 1. The maximum Gasteiger partial charge on any atom is 0.326 e. The molecule has 0 aliphatic carbocycles. The Balaban J connectivity index is 1.75. The number of hydrogen-bond donors (Lipinski definition) is 10. The number of thioether (sulfide) groups is 2. The van der Waals surface area contributed by atoms with Gasteiger partial charge in [0.2, 0.25) is 17.7 Å². The Kier molecular flexibility index (Phi) is 46.1. The predicted molar refractivity (Wildman–Crippen MR) is 376 cm³/mol. The zero-order chi connectivity index (χ0) is 72.0. The highest BCUT2D eigenvalue weighted by molar-refractivity contribution is 8.16. The van der Waals surface area contributed by atoms with Crippen molar-refractivity contribution in [2.24, 2.45) is 28.7 Å². The first-order chi connectivity index (χ1) is 46.3. The van der Waals surface area contributed by atoms with Crippen molar-refractivity contribution in [3.63, 3.8) is 0 Å². The summed E-state index contributed by atoms with van der Waals surface area (Å²) < 4.78 is 0. The first kappa shape index (κ1) is 87.2. The van der Waals surface area contributed by atoms with E-state index in [-0.39, 0.29) is 137 Å². The molecule has 12 N–H and O–H groups in total. The van der Waals surface area contributed by atoms with Gasteiger partial charge in [-0.1, -0.05) is 127 Å². The molecule has 97 heavy (non-hydrogen) atoms. The fourth-order valence-electron chi connectivity index (χ4n) is 11.9. The van der Waals surface area contributed by atoms with Crippen molar-refractivity contribution >= 4 is 99.8 Å². The van der Waals surface area contributed by atoms with Crippen LogP contribution in [-0.2, 0) is 68.7 Å². The number of unbranched alkanes of at least 4 members (excludes halogenated alkanes) is 16. The average Bonchev–Trinajstić information content (AvgIpc) is 0.967. The number of nitrogens with two attached hydrogens (primary N) is 2. The quantitative estimate of drug-likeness (QED) is 0.0275. The van der Waals surface area contributed by atoms with Crippen LogP contribution in [0, 0.1) is 17.3 Å². The largest absolute Gasteiger partial charge is 0.481 e. The van der Waals surface area contributed by atoms with E-state index in [4.69, 9.17) is 16.6 Å². The number of carboxylic acid groups (broad SMARTS) is 4. The maximum absolute atomic E-state index is 14.1. The Hall–Kier alpha value is -5.93. The van der Waals surface area contributed by atoms with Gasteiger partial charge in [0, 0.05) is 79.4 Å². The van der Waals surface area contributed by atoms with Crippen LogP contribution in [0.3, 0.4) is 0 Å². The van der Waals surface area contributed by atoms with E-state index in [2.05, 4.69) is 21.3 Å². The molecule has 1 saturated heterocycles. The highest BCUT2D eigenvalue weighted by atomic mass is 32.2. The Morgan fingerprint density at radius 3 is 1.78 bits per heavy atom. The van der Waals surface area contributed by atoms with Crippen molar-refractivity contribution in [2.45, 2.75) is 262 Å². The lowest BCUT2D eigenvalue weighted by Crippen LogP contribution is -2.53. The monoisotopic (exact) mass is 1400 g/mol. The summed E-state index contributed by atoms with van der Waals surface area (Å²) in [5, 5.41) is 49.1. The van der Waals surface area contributed by atoms with Crippen LogP contribution in [0.25, 0.3) is 0 Å². The molecule has 1 aromatic carbocycles. The first-order valence-corrected chi connectivity index (χ1v) is 37.6. The third-order valence-corrected chi connectivity index (χ3v) is 20.6. The van der Waals surface area contributed by atoms with Crippen LogP contribution in [0.2, 0.25) is 0 Å². The van der Waals surface area contributed by atoms with E-state index < -0.39 is 95.5 Å². The number of ketones is 6. The molecule has 0 radical (unpaired) electrons. The van der Waals surface area contributed by atoms with Crippen molar-refractivity contribution < 1.29 is 82.8 Å². The Morgan fingerprint density at radius 1 is 0.639 bits per heavy atom. The van der Waals surface area contributed by atoms with E-state index in [1.54, 1.807) is 6.92 Å². The number of hydrogen-bond acceptors (Lipinski definition) is 19. The van der Waals surface area contributed by atoms with Gasteiger partial charge in [0.15, 0.2) is 17.3 Å². The first-order valence-electron chi connectivity index (χ1n) is 35.2. The number of Topliss-reactive ketones (excluding diaryl/α,β-unsaturated/α-hetero) is 6. The third kappa shape index (κ3) is 40.1. The molecule has 0 bridgehead atoms. The van der Waals surface area contributed by atoms with E-state index in [9.17, 15) is 77.6 Å². The predicted octanol–water partition coefficient (Wildman–Crippen LogP) is 8.18. The van der Waals surface area contributed by atoms with Crippen LogP contribution < -0.4 is 32.7 Å². The molecular formula is C71H115N7O17S2. The number of amides is 3. The SMILES string of the molecule is CC(=O)[C@H](CC(=O)O)N(C)CC(=O)[C@@](C)(CCC(=O)[C@H](CCCN)CCC(=O)[C@@H]1CSCSC[C@H](NC(=O)[C@@H](N)CCCCNC(=O)CC[C@H](NC(=O)CC[C@H](CC(=O)CCCCCCCCCCCCCCCCCCC(=O)O)C(=O)O)C(=O)O)C(=O)CN1)Cc1ccccc1. The van der Waals surface area contributed by atoms with Gasteiger partial charge < -0.3 is 47.8 Å². The Bertz CT molecular complexity index is 2620. The summed E-state index contributed by atoms with van der Waals surface area (Å²) >= 11 is 2.92. The third-order valence-electron chi connectivity index (χ3n) is 18.1. The molecule has 0 saturated carbocycles. The second-order valence-corrected chi connectivity index (χ2v) is 28.9. The van der Waals surface area contributed by atoms with Gasteiger partial charge in [-0.15, -0.1) is 23.5 Å². The number of nitrogens with zero attached hydrogens (tertiary/aromatic N) is 1. The molecule has 1 aliphatic heterocycles. The van der Waals surface area contributed by atoms with Gasteiger partial charge in [0.25, 0.3) is 0 Å². The second-order valence-electron chi connectivity index (χ2n) is 26.5. The standard InChI is InChI=1S/C71H115N7O17S2/c1-50(79)59(43-67(89)90)78(3)46-63(84)71(2,44-51-26-19-18-20-27-51)39-38-60(81)52(28-25-40-72)32-35-61(82)57-47-96-49-97-48-58(62(83)45-75-57)77-68(91)55(73)30-23-24-41-74-64(85)37-34-56(70(94)95)76-65(86)36-33-53(69(92)93)42-54(80)29-21-16-14-12-10-8-6-4-5-7-9-11-13-15-17-22-31-66(87)88/h18-20,26-27,52-53,55-59,75H,4-17,21-25,28-49,72-73H2,1-3H3,(H,74,85)(H,76,86)(H,77,91)(H,87,88)(H,89,90)(H,92,93)(H,94,95)/t52-,53-,55+,56+,57+,58+,59+,71+/m1/s1. The van der Waals surface area contributed by atoms with Crippen molar-refractivity contribution in [2.75, 3.05) is 49.8 Å². The minimum Gasteiger partial charge on any atom is -0.481 e. The van der Waals surface area contributed by atoms with Crippen LogP contribution >= 0.6 is 23.5 Å². The molecule has 26 heteroatoms. The number of aliphatic carboxylic acids is 4. The van der Waals surface area contributed by atoms with Crippen LogP contribution in [0.15, 0.2) is 30.3 Å². The second kappa shape index (κ2) is 51.3. The average molecular weight is 1400 g/mol. The normalized spacial score (nSPS) is 16.5. The van der Waals surface area contributed by atoms with Gasteiger partial charge in [-0.25, -0.2) is 4.79 Å². The molecule has 1 heterocycles. The minimum absolute atomic E-state index is 0.0279. The van der Waals surface area contributed by atoms with Crippen LogP contribution in [0.4, 0.5) is 0 Å². The van der Waals surface area contributed by atoms with Crippen LogP contribution in [0.5, 0.6) is 0 Å². The summed E-state index contributed by atoms with van der Waals surface area (Å²) in [6.45, 7) is 3.14. The van der Waals surface area contributed by atoms with Crippen LogP contribution in [0.1, 0.15) is 231 Å². The number of carbonyl (C=O) groups excluding carboxylic acids is 9. The molecule has 3 amide bonds. The molecule has 2 rings (SSSR count). The van der Waals surface area contributed by atoms with Gasteiger partial charge >= 0.3 is 23.9 Å². The summed E-state index contributed by atoms with van der Waals surface area (Å²) in [5.41, 5.74) is 11.9. The van der Waals surface area contributed by atoms with E-state index >= 15 is 0 Å². The van der Waals surface area contributed by atoms with Crippen molar-refractivity contribution in [3.05, 3.63) is 35.9 Å². The van der Waals surface area contributed by atoms with E-state index in [1.165, 1.54) is 93.8 Å². The van der Waals surface area contributed by atoms with Gasteiger partial charge in [-0.2, -0.15) is 0 Å². The zero-order valence-corrected chi connectivity index (χ0v) is 59.6. The maximum atomic E-state index is 14.1. The van der Waals surface area contributed by atoms with Gasteiger partial charge in [0.1, 0.15) is 23.4 Å². The number of nitrogens with one attached hydrogen (secondary N) is 4. The molecule has 0 aromatic heterocycles. The lowest BCUT2D eigenvalue weighted by molar-refractivity contribution is -0.145. The van der Waals surface area contributed by atoms with E-state index in [0.29, 0.717) is 55.9 Å². The molecule has 1 fully saturated rings. The zero-order valence-electron chi connectivity index (χ0n) is 57.9. The van der Waals surface area contributed by atoms with Crippen molar-refractivity contribution in [3.8, 4) is 0 Å². The van der Waals surface area contributed by atoms with Crippen molar-refractivity contribution in [1.29, 1.82) is 0 Å². The fourth-order valence-corrected chi connectivity index (χ4v) is 14.2. The van der Waals surface area contributed by atoms with Crippen molar-refractivity contribution in [1.82, 2.24) is 26.2 Å². The highest BCUT2D eigenvalue weighted by Gasteiger charge is 2.37. The Labute approximate surface area is 582 Å². The number of carboxylic acids is 4. The number of likely N-dealkylation sites (N-methyl/N-ethyl adjacent to an activating group) is 1. The molecule has 0 unspecified atom stereocenters. The van der Waals surface area contributed by atoms with E-state index in [1.807, 2.05) is 30.3 Å².